The molecule has 0 amide bonds. The third kappa shape index (κ3) is 3.74. The molecule has 0 spiro atoms. The predicted molar refractivity (Wildman–Crippen MR) is 80.5 cm³/mol. The highest BCUT2D eigenvalue weighted by Crippen LogP contribution is 2.42. The summed E-state index contributed by atoms with van der Waals surface area (Å²) in [6, 6.07) is 3.57. The average molecular weight is 290 g/mol. The molecule has 1 fully saturated rings. The summed E-state index contributed by atoms with van der Waals surface area (Å²) in [5.74, 6) is 0.594. The Morgan fingerprint density at radius 3 is 3.05 bits per heavy atom. The molecule has 2 rings (SSSR count). The highest BCUT2D eigenvalue weighted by atomic mass is 16.7. The van der Waals surface area contributed by atoms with E-state index in [4.69, 9.17) is 15.0 Å². The zero-order chi connectivity index (χ0) is 15.3. The first-order chi connectivity index (χ1) is 10.1. The molecule has 1 aromatic rings. The van der Waals surface area contributed by atoms with Crippen molar-refractivity contribution in [3.8, 4) is 0 Å². The van der Waals surface area contributed by atoms with Gasteiger partial charge in [0.1, 0.15) is 11.6 Å². The molecule has 114 valence electrons. The molecule has 2 N–H and O–H groups in total. The summed E-state index contributed by atoms with van der Waals surface area (Å²) in [6.07, 6.45) is 6.05. The van der Waals surface area contributed by atoms with E-state index in [1.165, 1.54) is 0 Å². The second-order valence-corrected chi connectivity index (χ2v) is 5.63. The Bertz CT molecular complexity index is 534. The summed E-state index contributed by atoms with van der Waals surface area (Å²) in [6.45, 7) is 6.00. The Kier molecular flexibility index (Phi) is 4.83. The molecule has 0 radical (unpaired) electrons. The number of carbonyl (C=O) groups is 1. The van der Waals surface area contributed by atoms with E-state index in [0.29, 0.717) is 18.6 Å². The molecule has 0 saturated heterocycles. The maximum atomic E-state index is 12.4. The van der Waals surface area contributed by atoms with Crippen LogP contribution in [0.25, 0.3) is 0 Å². The summed E-state index contributed by atoms with van der Waals surface area (Å²) in [5, 5.41) is 3.75. The van der Waals surface area contributed by atoms with Crippen LogP contribution < -0.4 is 5.73 Å². The van der Waals surface area contributed by atoms with Gasteiger partial charge in [-0.2, -0.15) is 0 Å². The number of nitrogens with zero attached hydrogens (tertiary/aromatic N) is 1. The summed E-state index contributed by atoms with van der Waals surface area (Å²) in [7, 11) is 0. The molecule has 1 atom stereocenters. The molecule has 1 saturated carbocycles. The average Bonchev–Trinajstić information content (AvgIpc) is 2.97. The standard InChI is InChI=1S/C16H22N2O3/c1-3-16(8-4-6-12(2)11-16)15(19)21-18-14(17)10-13-7-5-9-20-13/h5,7,9H,2-4,6,8,10-11H2,1H3,(H2,17,18). The molecule has 0 aromatic carbocycles. The van der Waals surface area contributed by atoms with Crippen molar-refractivity contribution in [2.24, 2.45) is 16.3 Å². The second kappa shape index (κ2) is 6.61. The fourth-order valence-corrected chi connectivity index (χ4v) is 2.77. The van der Waals surface area contributed by atoms with Crippen molar-refractivity contribution in [2.45, 2.75) is 45.4 Å². The van der Waals surface area contributed by atoms with Gasteiger partial charge in [0.25, 0.3) is 0 Å². The molecule has 0 aliphatic heterocycles. The molecule has 1 aliphatic carbocycles. The summed E-state index contributed by atoms with van der Waals surface area (Å²) < 4.78 is 5.17. The second-order valence-electron chi connectivity index (χ2n) is 5.63. The van der Waals surface area contributed by atoms with Crippen LogP contribution in [0, 0.1) is 5.41 Å². The maximum Gasteiger partial charge on any atom is 0.341 e. The summed E-state index contributed by atoms with van der Waals surface area (Å²) in [5.41, 5.74) is 6.36. The predicted octanol–water partition coefficient (Wildman–Crippen LogP) is 3.16. The number of hydrogen-bond donors (Lipinski definition) is 1. The van der Waals surface area contributed by atoms with Gasteiger partial charge in [-0.1, -0.05) is 24.2 Å². The number of oxime groups is 1. The Balaban J connectivity index is 1.97. The molecular weight excluding hydrogens is 268 g/mol. The first-order valence-electron chi connectivity index (χ1n) is 7.28. The van der Waals surface area contributed by atoms with Gasteiger partial charge in [0.05, 0.1) is 18.1 Å². The molecule has 21 heavy (non-hydrogen) atoms. The highest BCUT2D eigenvalue weighted by molar-refractivity contribution is 5.83. The lowest BCUT2D eigenvalue weighted by atomic mass is 9.71. The number of allylic oxidation sites excluding steroid dienone is 1. The van der Waals surface area contributed by atoms with Crippen LogP contribution in [0.5, 0.6) is 0 Å². The Labute approximate surface area is 124 Å². The minimum absolute atomic E-state index is 0.221. The molecule has 5 nitrogen and oxygen atoms in total. The number of nitrogens with two attached hydrogens (primary N) is 1. The zero-order valence-electron chi connectivity index (χ0n) is 12.4. The Morgan fingerprint density at radius 1 is 1.62 bits per heavy atom. The third-order valence-corrected chi connectivity index (χ3v) is 4.07. The van der Waals surface area contributed by atoms with Gasteiger partial charge in [-0.25, -0.2) is 4.79 Å². The van der Waals surface area contributed by atoms with Crippen molar-refractivity contribution >= 4 is 11.8 Å². The van der Waals surface area contributed by atoms with Crippen LogP contribution >= 0.6 is 0 Å². The zero-order valence-corrected chi connectivity index (χ0v) is 12.4. The van der Waals surface area contributed by atoms with Crippen LogP contribution in [0.3, 0.4) is 0 Å². The van der Waals surface area contributed by atoms with E-state index < -0.39 is 5.41 Å². The van der Waals surface area contributed by atoms with Gasteiger partial charge < -0.3 is 15.0 Å². The van der Waals surface area contributed by atoms with Crippen LogP contribution in [0.15, 0.2) is 40.1 Å². The Hall–Kier alpha value is -2.04. The van der Waals surface area contributed by atoms with E-state index in [0.717, 1.165) is 31.3 Å². The topological polar surface area (TPSA) is 77.8 Å². The van der Waals surface area contributed by atoms with Gasteiger partial charge in [-0.05, 0) is 44.2 Å². The van der Waals surface area contributed by atoms with Crippen LogP contribution in [0.2, 0.25) is 0 Å². The van der Waals surface area contributed by atoms with E-state index in [9.17, 15) is 4.79 Å². The van der Waals surface area contributed by atoms with Gasteiger partial charge in [0.2, 0.25) is 0 Å². The lowest BCUT2D eigenvalue weighted by Crippen LogP contribution is -2.34. The SMILES string of the molecule is C=C1CCCC(CC)(C(=O)O/N=C(\N)Cc2ccco2)C1. The van der Waals surface area contributed by atoms with Crippen molar-refractivity contribution in [2.75, 3.05) is 0 Å². The molecule has 1 aliphatic rings. The lowest BCUT2D eigenvalue weighted by molar-refractivity contribution is -0.157. The highest BCUT2D eigenvalue weighted by Gasteiger charge is 2.41. The van der Waals surface area contributed by atoms with Crippen LogP contribution in [0.1, 0.15) is 44.8 Å². The summed E-state index contributed by atoms with van der Waals surface area (Å²) >= 11 is 0. The van der Waals surface area contributed by atoms with Gasteiger partial charge in [0, 0.05) is 0 Å². The van der Waals surface area contributed by atoms with Gasteiger partial charge in [0.15, 0.2) is 0 Å². The Morgan fingerprint density at radius 2 is 2.43 bits per heavy atom. The lowest BCUT2D eigenvalue weighted by Gasteiger charge is -2.33. The molecule has 1 heterocycles. The van der Waals surface area contributed by atoms with E-state index in [1.54, 1.807) is 18.4 Å². The molecule has 1 unspecified atom stereocenters. The minimum Gasteiger partial charge on any atom is -0.469 e. The summed E-state index contributed by atoms with van der Waals surface area (Å²) in [4.78, 5) is 17.4. The van der Waals surface area contributed by atoms with Gasteiger partial charge >= 0.3 is 5.97 Å². The van der Waals surface area contributed by atoms with E-state index in [1.807, 2.05) is 6.92 Å². The number of amidine groups is 1. The first kappa shape index (κ1) is 15.4. The third-order valence-electron chi connectivity index (χ3n) is 4.07. The smallest absolute Gasteiger partial charge is 0.341 e. The monoisotopic (exact) mass is 290 g/mol. The normalized spacial score (nSPS) is 23.1. The van der Waals surface area contributed by atoms with Crippen LogP contribution in [-0.4, -0.2) is 11.8 Å². The van der Waals surface area contributed by atoms with Crippen molar-refractivity contribution in [3.05, 3.63) is 36.3 Å². The fourth-order valence-electron chi connectivity index (χ4n) is 2.77. The maximum absolute atomic E-state index is 12.4. The molecule has 0 bridgehead atoms. The van der Waals surface area contributed by atoms with Gasteiger partial charge in [-0.3, -0.25) is 0 Å². The molecule has 1 aromatic heterocycles. The largest absolute Gasteiger partial charge is 0.469 e. The molecule has 5 heteroatoms. The number of hydrogen-bond acceptors (Lipinski definition) is 4. The van der Waals surface area contributed by atoms with Crippen molar-refractivity contribution in [1.82, 2.24) is 0 Å². The van der Waals surface area contributed by atoms with Crippen molar-refractivity contribution in [1.29, 1.82) is 0 Å². The van der Waals surface area contributed by atoms with Crippen LogP contribution in [-0.2, 0) is 16.1 Å². The van der Waals surface area contributed by atoms with Crippen molar-refractivity contribution in [3.63, 3.8) is 0 Å². The van der Waals surface area contributed by atoms with E-state index >= 15 is 0 Å². The van der Waals surface area contributed by atoms with Crippen molar-refractivity contribution < 1.29 is 14.0 Å². The fraction of sp³-hybridized carbons (Fsp3) is 0.500. The van der Waals surface area contributed by atoms with Crippen LogP contribution in [0.4, 0.5) is 0 Å². The number of rotatable bonds is 5. The van der Waals surface area contributed by atoms with E-state index in [-0.39, 0.29) is 11.8 Å². The molecular formula is C16H22N2O3. The number of carbonyl (C=O) groups excluding carboxylic acids is 1. The quantitative estimate of drug-likeness (QED) is 0.297. The van der Waals surface area contributed by atoms with E-state index in [2.05, 4.69) is 11.7 Å². The van der Waals surface area contributed by atoms with Gasteiger partial charge in [-0.15, -0.1) is 0 Å². The minimum atomic E-state index is -0.496. The number of furan rings is 1. The first-order valence-corrected chi connectivity index (χ1v) is 7.28.